The number of hydrogen-bond donors (Lipinski definition) is 1. The van der Waals surface area contributed by atoms with Gasteiger partial charge < -0.3 is 9.84 Å². The molecule has 2 atom stereocenters. The number of benzene rings is 1. The molecule has 1 aromatic rings. The molecular formula is C15H20ClNO3. The standard InChI is InChI=1S/C15H20ClNO3/c1-15(2,3)20-14(19)17-9-10(18)8-13(17)11-6-4-5-7-12(11)16/h4-7,10,13,18H,8-9H2,1-3H3/t10-,13?/m0/s1. The van der Waals surface area contributed by atoms with E-state index in [9.17, 15) is 9.90 Å². The third-order valence-corrected chi connectivity index (χ3v) is 3.52. The second-order valence-electron chi connectivity index (χ2n) is 6.06. The maximum atomic E-state index is 12.3. The van der Waals surface area contributed by atoms with Crippen LogP contribution in [-0.2, 0) is 4.74 Å². The van der Waals surface area contributed by atoms with Crippen molar-refractivity contribution in [2.75, 3.05) is 6.54 Å². The number of ether oxygens (including phenoxy) is 1. The Kier molecular flexibility index (Phi) is 4.25. The first-order valence-corrected chi connectivity index (χ1v) is 7.08. The summed E-state index contributed by atoms with van der Waals surface area (Å²) in [4.78, 5) is 13.8. The number of amides is 1. The lowest BCUT2D eigenvalue weighted by Gasteiger charge is -2.29. The molecule has 0 aliphatic carbocycles. The largest absolute Gasteiger partial charge is 0.444 e. The number of nitrogens with zero attached hydrogens (tertiary/aromatic N) is 1. The van der Waals surface area contributed by atoms with Crippen LogP contribution >= 0.6 is 11.6 Å². The maximum absolute atomic E-state index is 12.3. The van der Waals surface area contributed by atoms with E-state index < -0.39 is 17.8 Å². The number of β-amino-alcohol motifs (C(OH)–C–C–N with tert-alkyl or cyclic N) is 1. The van der Waals surface area contributed by atoms with Crippen LogP contribution < -0.4 is 0 Å². The van der Waals surface area contributed by atoms with Gasteiger partial charge in [-0.3, -0.25) is 4.90 Å². The van der Waals surface area contributed by atoms with E-state index in [1.807, 2.05) is 39.0 Å². The number of carbonyl (C=O) groups is 1. The number of aliphatic hydroxyl groups is 1. The minimum atomic E-state index is -0.560. The van der Waals surface area contributed by atoms with E-state index in [4.69, 9.17) is 16.3 Å². The van der Waals surface area contributed by atoms with Gasteiger partial charge in [-0.05, 0) is 38.8 Å². The Labute approximate surface area is 124 Å². The molecule has 5 heteroatoms. The van der Waals surface area contributed by atoms with Gasteiger partial charge in [0.05, 0.1) is 18.7 Å². The number of halogens is 1. The third kappa shape index (κ3) is 3.44. The van der Waals surface area contributed by atoms with Crippen LogP contribution in [0.25, 0.3) is 0 Å². The van der Waals surface area contributed by atoms with Crippen LogP contribution in [0.15, 0.2) is 24.3 Å². The third-order valence-electron chi connectivity index (χ3n) is 3.17. The molecule has 1 amide bonds. The van der Waals surface area contributed by atoms with Gasteiger partial charge in [-0.2, -0.15) is 0 Å². The van der Waals surface area contributed by atoms with E-state index in [-0.39, 0.29) is 12.6 Å². The number of likely N-dealkylation sites (tertiary alicyclic amines) is 1. The molecule has 4 nitrogen and oxygen atoms in total. The zero-order valence-corrected chi connectivity index (χ0v) is 12.7. The molecule has 1 saturated heterocycles. The highest BCUT2D eigenvalue weighted by atomic mass is 35.5. The molecule has 1 N–H and O–H groups in total. The molecule has 20 heavy (non-hydrogen) atoms. The van der Waals surface area contributed by atoms with Crippen LogP contribution in [0.5, 0.6) is 0 Å². The second kappa shape index (κ2) is 5.62. The van der Waals surface area contributed by atoms with Crippen LogP contribution in [0.1, 0.15) is 38.8 Å². The van der Waals surface area contributed by atoms with Gasteiger partial charge in [-0.25, -0.2) is 4.79 Å². The zero-order chi connectivity index (χ0) is 14.9. The smallest absolute Gasteiger partial charge is 0.410 e. The molecule has 1 unspecified atom stereocenters. The first kappa shape index (κ1) is 15.1. The Morgan fingerprint density at radius 1 is 1.40 bits per heavy atom. The van der Waals surface area contributed by atoms with E-state index >= 15 is 0 Å². The Balaban J connectivity index is 2.23. The Bertz CT molecular complexity index is 498. The maximum Gasteiger partial charge on any atom is 0.410 e. The molecule has 0 saturated carbocycles. The fourth-order valence-electron chi connectivity index (χ4n) is 2.38. The number of hydrogen-bond acceptors (Lipinski definition) is 3. The van der Waals surface area contributed by atoms with E-state index in [0.717, 1.165) is 5.56 Å². The van der Waals surface area contributed by atoms with Crippen molar-refractivity contribution in [2.45, 2.75) is 44.9 Å². The number of rotatable bonds is 1. The summed E-state index contributed by atoms with van der Waals surface area (Å²) in [5, 5.41) is 10.5. The summed E-state index contributed by atoms with van der Waals surface area (Å²) in [6.07, 6.45) is -0.494. The zero-order valence-electron chi connectivity index (χ0n) is 12.0. The van der Waals surface area contributed by atoms with Crippen molar-refractivity contribution in [3.05, 3.63) is 34.9 Å². The average Bonchev–Trinajstić information content (AvgIpc) is 2.69. The molecule has 1 aliphatic heterocycles. The van der Waals surface area contributed by atoms with Gasteiger partial charge in [0.25, 0.3) is 0 Å². The second-order valence-corrected chi connectivity index (χ2v) is 6.47. The average molecular weight is 298 g/mol. The fraction of sp³-hybridized carbons (Fsp3) is 0.533. The molecule has 1 aliphatic rings. The molecule has 2 rings (SSSR count). The van der Waals surface area contributed by atoms with Gasteiger partial charge in [-0.15, -0.1) is 0 Å². The van der Waals surface area contributed by atoms with E-state index in [2.05, 4.69) is 0 Å². The topological polar surface area (TPSA) is 49.8 Å². The molecule has 1 fully saturated rings. The minimum Gasteiger partial charge on any atom is -0.444 e. The van der Waals surface area contributed by atoms with Crippen molar-refractivity contribution < 1.29 is 14.6 Å². The summed E-state index contributed by atoms with van der Waals surface area (Å²) in [6.45, 7) is 5.73. The van der Waals surface area contributed by atoms with Gasteiger partial charge in [0, 0.05) is 5.02 Å². The van der Waals surface area contributed by atoms with Gasteiger partial charge in [0.2, 0.25) is 0 Å². The molecule has 0 radical (unpaired) electrons. The predicted octanol–water partition coefficient (Wildman–Crippen LogP) is 3.38. The van der Waals surface area contributed by atoms with Crippen molar-refractivity contribution in [1.29, 1.82) is 0 Å². The summed E-state index contributed by atoms with van der Waals surface area (Å²) in [5.74, 6) is 0. The van der Waals surface area contributed by atoms with Crippen LogP contribution in [0.4, 0.5) is 4.79 Å². The van der Waals surface area contributed by atoms with E-state index in [0.29, 0.717) is 11.4 Å². The molecule has 0 spiro atoms. The predicted molar refractivity (Wildman–Crippen MR) is 77.8 cm³/mol. The molecule has 110 valence electrons. The van der Waals surface area contributed by atoms with Crippen LogP contribution in [0.3, 0.4) is 0 Å². The summed E-state index contributed by atoms with van der Waals surface area (Å²) in [7, 11) is 0. The molecule has 0 aromatic heterocycles. The normalized spacial score (nSPS) is 22.9. The lowest BCUT2D eigenvalue weighted by molar-refractivity contribution is 0.0206. The van der Waals surface area contributed by atoms with E-state index in [1.54, 1.807) is 11.0 Å². The highest BCUT2D eigenvalue weighted by Gasteiger charge is 2.38. The quantitative estimate of drug-likeness (QED) is 0.864. The minimum absolute atomic E-state index is 0.242. The summed E-state index contributed by atoms with van der Waals surface area (Å²) in [5.41, 5.74) is 0.284. The Hall–Kier alpha value is -1.26. The summed E-state index contributed by atoms with van der Waals surface area (Å²) < 4.78 is 5.39. The molecule has 0 bridgehead atoms. The Morgan fingerprint density at radius 3 is 2.65 bits per heavy atom. The van der Waals surface area contributed by atoms with Crippen molar-refractivity contribution in [1.82, 2.24) is 4.90 Å². The molecule has 1 aromatic carbocycles. The van der Waals surface area contributed by atoms with Crippen LogP contribution in [-0.4, -0.2) is 34.3 Å². The van der Waals surface area contributed by atoms with E-state index in [1.165, 1.54) is 0 Å². The summed E-state index contributed by atoms with van der Waals surface area (Å²) >= 11 is 6.19. The van der Waals surface area contributed by atoms with Gasteiger partial charge in [0.15, 0.2) is 0 Å². The SMILES string of the molecule is CC(C)(C)OC(=O)N1C[C@@H](O)CC1c1ccccc1Cl. The lowest BCUT2D eigenvalue weighted by Crippen LogP contribution is -2.37. The van der Waals surface area contributed by atoms with Crippen molar-refractivity contribution in [3.63, 3.8) is 0 Å². The van der Waals surface area contributed by atoms with Gasteiger partial charge >= 0.3 is 6.09 Å². The first-order valence-electron chi connectivity index (χ1n) is 6.70. The highest BCUT2D eigenvalue weighted by Crippen LogP contribution is 2.36. The lowest BCUT2D eigenvalue weighted by atomic mass is 10.0. The van der Waals surface area contributed by atoms with Crippen LogP contribution in [0, 0.1) is 0 Å². The fourth-order valence-corrected chi connectivity index (χ4v) is 2.64. The number of aliphatic hydroxyl groups excluding tert-OH is 1. The summed E-state index contributed by atoms with van der Waals surface area (Å²) in [6, 6.07) is 7.14. The Morgan fingerprint density at radius 2 is 2.05 bits per heavy atom. The van der Waals surface area contributed by atoms with Gasteiger partial charge in [0.1, 0.15) is 5.60 Å². The van der Waals surface area contributed by atoms with Crippen molar-refractivity contribution >= 4 is 17.7 Å². The monoisotopic (exact) mass is 297 g/mol. The first-order chi connectivity index (χ1) is 9.28. The van der Waals surface area contributed by atoms with Crippen molar-refractivity contribution in [2.24, 2.45) is 0 Å². The van der Waals surface area contributed by atoms with Crippen LogP contribution in [0.2, 0.25) is 5.02 Å². The number of carbonyl (C=O) groups excluding carboxylic acids is 1. The highest BCUT2D eigenvalue weighted by molar-refractivity contribution is 6.31. The van der Waals surface area contributed by atoms with Gasteiger partial charge in [-0.1, -0.05) is 29.8 Å². The molecular weight excluding hydrogens is 278 g/mol. The molecule has 1 heterocycles. The van der Waals surface area contributed by atoms with Crippen molar-refractivity contribution in [3.8, 4) is 0 Å².